The molecule has 4 aromatic rings. The number of esters is 1. The summed E-state index contributed by atoms with van der Waals surface area (Å²) in [6.45, 7) is 0. The highest BCUT2D eigenvalue weighted by Gasteiger charge is 2.33. The van der Waals surface area contributed by atoms with E-state index in [0.29, 0.717) is 22.4 Å². The highest BCUT2D eigenvalue weighted by atomic mass is 16.5. The molecule has 3 aromatic carbocycles. The summed E-state index contributed by atoms with van der Waals surface area (Å²) in [6, 6.07) is 14.2. The number of benzene rings is 3. The van der Waals surface area contributed by atoms with Crippen LogP contribution in [0.4, 0.5) is 0 Å². The average Bonchev–Trinajstić information content (AvgIpc) is 2.83. The van der Waals surface area contributed by atoms with Gasteiger partial charge in [0.15, 0.2) is 0 Å². The predicted octanol–water partition coefficient (Wildman–Crippen LogP) is 4.31. The van der Waals surface area contributed by atoms with E-state index in [0.717, 1.165) is 0 Å². The average molecular weight is 458 g/mol. The molecular formula is C26H18O8. The number of carboxylic acid groups (broad SMARTS) is 1. The SMILES string of the molecule is COc1ccc(-c2coc3c4c(cc(O)c3c2=O)OC(=O)C[C@H]4c2ccc(C(=O)O)cc2)cc1. The molecule has 1 atom stereocenters. The van der Waals surface area contributed by atoms with E-state index in [9.17, 15) is 24.6 Å². The third-order valence-corrected chi connectivity index (χ3v) is 5.93. The Bertz CT molecular complexity index is 1500. The fraction of sp³-hybridized carbons (Fsp3) is 0.115. The molecule has 34 heavy (non-hydrogen) atoms. The lowest BCUT2D eigenvalue weighted by Crippen LogP contribution is -2.22. The number of carbonyl (C=O) groups is 2. The first-order valence-electron chi connectivity index (χ1n) is 10.4. The summed E-state index contributed by atoms with van der Waals surface area (Å²) in [5, 5.41) is 19.8. The molecule has 0 radical (unpaired) electrons. The second kappa shape index (κ2) is 8.08. The molecule has 1 aliphatic rings. The van der Waals surface area contributed by atoms with E-state index in [1.807, 2.05) is 0 Å². The summed E-state index contributed by atoms with van der Waals surface area (Å²) in [5.41, 5.74) is 1.70. The summed E-state index contributed by atoms with van der Waals surface area (Å²) in [6.07, 6.45) is 1.27. The van der Waals surface area contributed by atoms with Crippen LogP contribution in [-0.4, -0.2) is 29.3 Å². The highest BCUT2D eigenvalue weighted by molar-refractivity contribution is 5.94. The van der Waals surface area contributed by atoms with Gasteiger partial charge in [0.05, 0.1) is 24.7 Å². The summed E-state index contributed by atoms with van der Waals surface area (Å²) in [5.74, 6) is -1.79. The maximum absolute atomic E-state index is 13.4. The largest absolute Gasteiger partial charge is 0.507 e. The Morgan fingerprint density at radius 3 is 2.41 bits per heavy atom. The van der Waals surface area contributed by atoms with E-state index in [2.05, 4.69) is 0 Å². The van der Waals surface area contributed by atoms with Gasteiger partial charge in [0.25, 0.3) is 0 Å². The first-order chi connectivity index (χ1) is 16.4. The number of methoxy groups -OCH3 is 1. The van der Waals surface area contributed by atoms with Crippen LogP contribution < -0.4 is 14.9 Å². The number of phenolic OH excluding ortho intramolecular Hbond substituents is 1. The van der Waals surface area contributed by atoms with Crippen LogP contribution in [0.25, 0.3) is 22.1 Å². The number of carboxylic acids is 1. The van der Waals surface area contributed by atoms with Gasteiger partial charge in [0.2, 0.25) is 5.43 Å². The second-order valence-corrected chi connectivity index (χ2v) is 7.88. The van der Waals surface area contributed by atoms with Crippen LogP contribution in [0.3, 0.4) is 0 Å². The Kier molecular flexibility index (Phi) is 5.05. The molecule has 8 heteroatoms. The highest BCUT2D eigenvalue weighted by Crippen LogP contribution is 2.45. The summed E-state index contributed by atoms with van der Waals surface area (Å²) < 4.78 is 16.4. The zero-order valence-electron chi connectivity index (χ0n) is 17.9. The van der Waals surface area contributed by atoms with Crippen molar-refractivity contribution in [3.8, 4) is 28.4 Å². The molecule has 2 N–H and O–H groups in total. The number of fused-ring (bicyclic) bond motifs is 3. The van der Waals surface area contributed by atoms with Crippen LogP contribution in [0.5, 0.6) is 17.2 Å². The van der Waals surface area contributed by atoms with Crippen LogP contribution in [0, 0.1) is 0 Å². The zero-order chi connectivity index (χ0) is 24.0. The van der Waals surface area contributed by atoms with Crippen molar-refractivity contribution < 1.29 is 33.7 Å². The standard InChI is InChI=1S/C26H18O8/c1-32-16-8-6-14(7-9-16)18-12-33-25-22-17(13-2-4-15(5-3-13)26(30)31)10-21(28)34-20(22)11-19(27)23(25)24(18)29/h2-9,11-12,17,27H,10H2,1H3,(H,30,31)/t17-/m0/s1. The first kappa shape index (κ1) is 21.3. The Labute approximate surface area is 192 Å². The lowest BCUT2D eigenvalue weighted by atomic mass is 9.84. The van der Waals surface area contributed by atoms with Gasteiger partial charge in [-0.3, -0.25) is 9.59 Å². The van der Waals surface area contributed by atoms with Crippen LogP contribution in [-0.2, 0) is 4.79 Å². The first-order valence-corrected chi connectivity index (χ1v) is 10.4. The van der Waals surface area contributed by atoms with Gasteiger partial charge in [0, 0.05) is 17.5 Å². The predicted molar refractivity (Wildman–Crippen MR) is 122 cm³/mol. The molecule has 0 unspecified atom stereocenters. The van der Waals surface area contributed by atoms with Gasteiger partial charge in [-0.2, -0.15) is 0 Å². The van der Waals surface area contributed by atoms with Gasteiger partial charge >= 0.3 is 11.9 Å². The molecule has 0 amide bonds. The molecule has 0 saturated carbocycles. The van der Waals surface area contributed by atoms with Crippen molar-refractivity contribution in [3.05, 3.63) is 87.8 Å². The molecule has 0 saturated heterocycles. The maximum atomic E-state index is 13.4. The van der Waals surface area contributed by atoms with Crippen molar-refractivity contribution in [1.29, 1.82) is 0 Å². The summed E-state index contributed by atoms with van der Waals surface area (Å²) in [4.78, 5) is 36.9. The van der Waals surface area contributed by atoms with Crippen LogP contribution >= 0.6 is 0 Å². The molecular weight excluding hydrogens is 440 g/mol. The lowest BCUT2D eigenvalue weighted by Gasteiger charge is -2.26. The monoisotopic (exact) mass is 458 g/mol. The molecule has 0 fully saturated rings. The Hall–Kier alpha value is -4.59. The lowest BCUT2D eigenvalue weighted by molar-refractivity contribution is -0.135. The van der Waals surface area contributed by atoms with E-state index in [1.165, 1.54) is 24.5 Å². The number of rotatable bonds is 4. The molecule has 0 spiro atoms. The summed E-state index contributed by atoms with van der Waals surface area (Å²) >= 11 is 0. The molecule has 170 valence electrons. The van der Waals surface area contributed by atoms with Crippen molar-refractivity contribution in [2.75, 3.05) is 7.11 Å². The van der Waals surface area contributed by atoms with E-state index in [1.54, 1.807) is 43.5 Å². The van der Waals surface area contributed by atoms with Crippen LogP contribution in [0.15, 0.2) is 70.1 Å². The van der Waals surface area contributed by atoms with E-state index < -0.39 is 23.3 Å². The van der Waals surface area contributed by atoms with Gasteiger partial charge in [0.1, 0.15) is 34.5 Å². The molecule has 2 heterocycles. The smallest absolute Gasteiger partial charge is 0.335 e. The third-order valence-electron chi connectivity index (χ3n) is 5.93. The minimum Gasteiger partial charge on any atom is -0.507 e. The Morgan fingerprint density at radius 2 is 1.76 bits per heavy atom. The van der Waals surface area contributed by atoms with Gasteiger partial charge < -0.3 is 24.1 Å². The topological polar surface area (TPSA) is 123 Å². The third kappa shape index (κ3) is 3.45. The molecule has 0 bridgehead atoms. The number of carbonyl (C=O) groups excluding carboxylic acids is 1. The molecule has 1 aromatic heterocycles. The number of aromatic carboxylic acids is 1. The van der Waals surface area contributed by atoms with Gasteiger partial charge in [-0.05, 0) is 35.4 Å². The number of ether oxygens (including phenoxy) is 2. The minimum atomic E-state index is -1.07. The van der Waals surface area contributed by atoms with E-state index >= 15 is 0 Å². The zero-order valence-corrected chi connectivity index (χ0v) is 17.9. The second-order valence-electron chi connectivity index (χ2n) is 7.88. The fourth-order valence-corrected chi connectivity index (χ4v) is 4.24. The van der Waals surface area contributed by atoms with Crippen LogP contribution in [0.2, 0.25) is 0 Å². The van der Waals surface area contributed by atoms with Crippen LogP contribution in [0.1, 0.15) is 33.8 Å². The Morgan fingerprint density at radius 1 is 1.06 bits per heavy atom. The van der Waals surface area contributed by atoms with E-state index in [-0.39, 0.29) is 40.0 Å². The van der Waals surface area contributed by atoms with Gasteiger partial charge in [-0.15, -0.1) is 0 Å². The maximum Gasteiger partial charge on any atom is 0.335 e. The van der Waals surface area contributed by atoms with Crippen molar-refractivity contribution in [1.82, 2.24) is 0 Å². The van der Waals surface area contributed by atoms with Crippen molar-refractivity contribution >= 4 is 22.9 Å². The molecule has 0 aliphatic carbocycles. The fourth-order valence-electron chi connectivity index (χ4n) is 4.24. The molecule has 5 rings (SSSR count). The number of hydrogen-bond acceptors (Lipinski definition) is 7. The number of hydrogen-bond donors (Lipinski definition) is 2. The van der Waals surface area contributed by atoms with Crippen molar-refractivity contribution in [2.45, 2.75) is 12.3 Å². The minimum absolute atomic E-state index is 0.0304. The number of aromatic hydroxyl groups is 1. The van der Waals surface area contributed by atoms with Gasteiger partial charge in [-0.25, -0.2) is 4.79 Å². The van der Waals surface area contributed by atoms with E-state index in [4.69, 9.17) is 13.9 Å². The molecule has 8 nitrogen and oxygen atoms in total. The number of phenols is 1. The normalized spacial score (nSPS) is 15.0. The molecule has 1 aliphatic heterocycles. The Balaban J connectivity index is 1.71. The van der Waals surface area contributed by atoms with Crippen molar-refractivity contribution in [2.24, 2.45) is 0 Å². The van der Waals surface area contributed by atoms with Gasteiger partial charge in [-0.1, -0.05) is 24.3 Å². The summed E-state index contributed by atoms with van der Waals surface area (Å²) in [7, 11) is 1.54. The van der Waals surface area contributed by atoms with Crippen molar-refractivity contribution in [3.63, 3.8) is 0 Å². The quantitative estimate of drug-likeness (QED) is 0.343.